The Morgan fingerprint density at radius 3 is 1.98 bits per heavy atom. The van der Waals surface area contributed by atoms with Crippen LogP contribution in [-0.4, -0.2) is 33.5 Å². The van der Waals surface area contributed by atoms with Crippen molar-refractivity contribution in [1.82, 2.24) is 4.81 Å². The van der Waals surface area contributed by atoms with Gasteiger partial charge in [-0.05, 0) is 172 Å². The van der Waals surface area contributed by atoms with Crippen molar-refractivity contribution in [3.63, 3.8) is 0 Å². The summed E-state index contributed by atoms with van der Waals surface area (Å²) in [4.78, 5) is 14.9. The summed E-state index contributed by atoms with van der Waals surface area (Å²) in [6.45, 7) is 23.2. The highest BCUT2D eigenvalue weighted by Gasteiger charge is 2.63. The van der Waals surface area contributed by atoms with E-state index in [-0.39, 0.29) is 23.2 Å². The maximum Gasteiger partial charge on any atom is 0.733 e. The Labute approximate surface area is 360 Å². The third-order valence-electron chi connectivity index (χ3n) is 13.8. The number of esters is 1. The van der Waals surface area contributed by atoms with E-state index in [2.05, 4.69) is 96.1 Å². The summed E-state index contributed by atoms with van der Waals surface area (Å²) in [6, 6.07) is 24.6. The number of hydrogen-bond acceptors (Lipinski definition) is 3. The summed E-state index contributed by atoms with van der Waals surface area (Å²) < 4.78 is 40.5. The van der Waals surface area contributed by atoms with Crippen molar-refractivity contribution in [2.24, 2.45) is 0 Å². The molecule has 0 fully saturated rings. The summed E-state index contributed by atoms with van der Waals surface area (Å²) in [5, 5.41) is 10.3. The molecule has 3 aliphatic heterocycles. The van der Waals surface area contributed by atoms with Crippen LogP contribution in [0.4, 0.5) is 8.63 Å². The number of carbonyl (C=O) groups excluding carboxylic acids is 1. The van der Waals surface area contributed by atoms with Crippen molar-refractivity contribution < 1.29 is 22.6 Å². The summed E-state index contributed by atoms with van der Waals surface area (Å²) in [7, 11) is 0. The molecule has 0 amide bonds. The van der Waals surface area contributed by atoms with E-state index >= 15 is 8.63 Å². The molecule has 0 atom stereocenters. The number of hydrogen-bond donors (Lipinski definition) is 0. The van der Waals surface area contributed by atoms with Crippen LogP contribution < -0.4 is 4.74 Å². The lowest BCUT2D eigenvalue weighted by molar-refractivity contribution is -0.375. The lowest BCUT2D eigenvalue weighted by Gasteiger charge is -2.48. The van der Waals surface area contributed by atoms with Crippen LogP contribution in [0.2, 0.25) is 0 Å². The number of fused-ring (bicyclic) bond motifs is 4. The molecule has 6 aromatic carbocycles. The largest absolute Gasteiger partial charge is 0.733 e. The smallest absolute Gasteiger partial charge is 0.427 e. The van der Waals surface area contributed by atoms with Gasteiger partial charge < -0.3 is 22.7 Å². The third kappa shape index (κ3) is 6.35. The van der Waals surface area contributed by atoms with E-state index in [9.17, 15) is 4.79 Å². The molecule has 9 rings (SSSR count). The maximum atomic E-state index is 16.6. The molecule has 3 aliphatic rings. The fraction of sp³-hybridized carbons (Fsp3) is 0.370. The standard InChI is InChI=1S/C54H59BF2N2O2/c1-30-23-39(24-31(2)46(30)49-50-32(3)22-34(5)58(50)55(56,57)59-51(49)33(4)29-54(59,12)13)61-45(60)19-14-16-35-20-21-42-44-28-38(53(9,10)11)26-36-25-37(52(6,7)8)27-43(47(36)44)41-18-15-17-40(35)48(41)42/h15,17-18,20-28H,14,16,19,29H2,1-13H3. The first-order valence-corrected chi connectivity index (χ1v) is 22.1. The van der Waals surface area contributed by atoms with Crippen LogP contribution in [0.5, 0.6) is 5.75 Å². The normalized spacial score (nSPS) is 17.8. The Bertz CT molecular complexity index is 2950. The summed E-state index contributed by atoms with van der Waals surface area (Å²) in [6.07, 6.45) is 4.08. The first-order chi connectivity index (χ1) is 28.5. The molecule has 0 bridgehead atoms. The zero-order valence-corrected chi connectivity index (χ0v) is 38.3. The first kappa shape index (κ1) is 41.1. The highest BCUT2D eigenvalue weighted by atomic mass is 19.2. The van der Waals surface area contributed by atoms with Crippen LogP contribution in [0.3, 0.4) is 0 Å². The van der Waals surface area contributed by atoms with Gasteiger partial charge in [0.25, 0.3) is 0 Å². The first-order valence-electron chi connectivity index (χ1n) is 22.1. The molecular weight excluding hydrogens is 757 g/mol. The number of benzene rings is 6. The second kappa shape index (κ2) is 13.6. The number of aryl methyl sites for hydroxylation is 3. The maximum absolute atomic E-state index is 16.6. The third-order valence-corrected chi connectivity index (χ3v) is 13.8. The van der Waals surface area contributed by atoms with E-state index < -0.39 is 12.5 Å². The van der Waals surface area contributed by atoms with Crippen molar-refractivity contribution in [3.05, 3.63) is 129 Å². The molecule has 0 aliphatic carbocycles. The molecule has 4 nitrogen and oxygen atoms in total. The van der Waals surface area contributed by atoms with Crippen molar-refractivity contribution in [1.29, 1.82) is 0 Å². The van der Waals surface area contributed by atoms with Crippen molar-refractivity contribution in [2.45, 2.75) is 132 Å². The van der Waals surface area contributed by atoms with Gasteiger partial charge in [0.2, 0.25) is 0 Å². The van der Waals surface area contributed by atoms with Gasteiger partial charge in [0.1, 0.15) is 11.5 Å². The minimum Gasteiger partial charge on any atom is -0.427 e. The highest BCUT2D eigenvalue weighted by molar-refractivity contribution is 6.57. The lowest BCUT2D eigenvalue weighted by Crippen LogP contribution is -2.63. The Balaban J connectivity index is 1.01. The van der Waals surface area contributed by atoms with Gasteiger partial charge in [-0.3, -0.25) is 4.79 Å². The monoisotopic (exact) mass is 816 g/mol. The predicted molar refractivity (Wildman–Crippen MR) is 252 cm³/mol. The summed E-state index contributed by atoms with van der Waals surface area (Å²) in [5.41, 5.74) is 10.2. The van der Waals surface area contributed by atoms with Crippen LogP contribution in [0.15, 0.2) is 95.3 Å². The van der Waals surface area contributed by atoms with Gasteiger partial charge in [0, 0.05) is 36.2 Å². The van der Waals surface area contributed by atoms with Crippen LogP contribution in [0.1, 0.15) is 129 Å². The predicted octanol–water partition coefficient (Wildman–Crippen LogP) is 14.2. The van der Waals surface area contributed by atoms with E-state index in [4.69, 9.17) is 4.74 Å². The van der Waals surface area contributed by atoms with Crippen molar-refractivity contribution >= 4 is 67.3 Å². The Morgan fingerprint density at radius 2 is 1.38 bits per heavy atom. The number of halogens is 2. The van der Waals surface area contributed by atoms with Crippen molar-refractivity contribution in [3.8, 4) is 5.75 Å². The van der Waals surface area contributed by atoms with E-state index in [1.54, 1.807) is 6.92 Å². The van der Waals surface area contributed by atoms with Gasteiger partial charge in [-0.25, -0.2) is 0 Å². The van der Waals surface area contributed by atoms with E-state index in [0.29, 0.717) is 35.7 Å². The van der Waals surface area contributed by atoms with Crippen LogP contribution >= 0.6 is 0 Å². The number of ether oxygens (including phenoxy) is 1. The minimum atomic E-state index is -4.06. The van der Waals surface area contributed by atoms with Gasteiger partial charge >= 0.3 is 12.9 Å². The van der Waals surface area contributed by atoms with Gasteiger partial charge in [0.05, 0.1) is 5.57 Å². The molecule has 314 valence electrons. The quantitative estimate of drug-likeness (QED) is 0.0552. The van der Waals surface area contributed by atoms with Gasteiger partial charge in [-0.1, -0.05) is 89.6 Å². The van der Waals surface area contributed by atoms with Gasteiger partial charge in [-0.15, -0.1) is 0 Å². The van der Waals surface area contributed by atoms with Gasteiger partial charge in [0.15, 0.2) is 5.70 Å². The number of nitrogens with zero attached hydrogens (tertiary/aromatic N) is 2. The Kier molecular flexibility index (Phi) is 9.16. The molecule has 0 saturated heterocycles. The number of rotatable bonds is 6. The fourth-order valence-electron chi connectivity index (χ4n) is 11.2. The molecule has 0 saturated carbocycles. The second-order valence-corrected chi connectivity index (χ2v) is 21.0. The lowest BCUT2D eigenvalue weighted by atomic mass is 9.77. The fourth-order valence-corrected chi connectivity index (χ4v) is 11.2. The molecular formula is C54H59BF2N2O2. The molecule has 0 N–H and O–H groups in total. The van der Waals surface area contributed by atoms with E-state index in [0.717, 1.165) is 39.8 Å². The molecule has 0 spiro atoms. The Hall–Kier alpha value is -5.30. The van der Waals surface area contributed by atoms with Crippen LogP contribution in [-0.2, 0) is 22.0 Å². The molecule has 7 heteroatoms. The average molecular weight is 817 g/mol. The number of carbonyl (C=O) groups is 1. The molecule has 0 radical (unpaired) electrons. The average Bonchev–Trinajstić information content (AvgIpc) is 3.60. The summed E-state index contributed by atoms with van der Waals surface area (Å²) in [5.74, 6) is 0.195. The number of allylic oxidation sites excluding steroid dienone is 3. The van der Waals surface area contributed by atoms with E-state index in [1.807, 2.05) is 59.8 Å². The van der Waals surface area contributed by atoms with E-state index in [1.165, 1.54) is 69.1 Å². The summed E-state index contributed by atoms with van der Waals surface area (Å²) >= 11 is 0. The molecule has 61 heavy (non-hydrogen) atoms. The topological polar surface area (TPSA) is 32.6 Å². The van der Waals surface area contributed by atoms with Crippen LogP contribution in [0, 0.1) is 13.8 Å². The SMILES string of the molecule is CC1=CC(C)=[N+]2C1=C(c1c(C)cc(OC(=O)CCCc3ccc4c5cc(C(C)(C)C)cc6cc(C(C)(C)C)cc(c7cccc3c74)c65)cc1C)C1=C(C)CC(C)(C)N1[B-]2(F)F. The van der Waals surface area contributed by atoms with Gasteiger partial charge in [-0.2, -0.15) is 0 Å². The molecule has 0 aromatic heterocycles. The second-order valence-electron chi connectivity index (χ2n) is 21.0. The zero-order valence-electron chi connectivity index (χ0n) is 38.3. The van der Waals surface area contributed by atoms with Crippen LogP contribution in [0.25, 0.3) is 48.7 Å². The zero-order chi connectivity index (χ0) is 43.9. The highest BCUT2D eigenvalue weighted by Crippen LogP contribution is 2.54. The molecule has 6 aromatic rings. The molecule has 3 heterocycles. The minimum absolute atomic E-state index is 0.000867. The Morgan fingerprint density at radius 1 is 0.787 bits per heavy atom. The molecule has 0 unspecified atom stereocenters. The van der Waals surface area contributed by atoms with Crippen molar-refractivity contribution in [2.75, 3.05) is 0 Å².